The molecule has 0 saturated heterocycles. The van der Waals surface area contributed by atoms with E-state index in [1.807, 2.05) is 23.6 Å². The minimum absolute atomic E-state index is 0.464. The van der Waals surface area contributed by atoms with Crippen LogP contribution in [0.25, 0.3) is 0 Å². The van der Waals surface area contributed by atoms with E-state index >= 15 is 0 Å². The summed E-state index contributed by atoms with van der Waals surface area (Å²) in [6.45, 7) is 2.85. The number of halogens is 1. The fourth-order valence-corrected chi connectivity index (χ4v) is 1.81. The Kier molecular flexibility index (Phi) is 3.51. The maximum atomic E-state index is 5.97. The van der Waals surface area contributed by atoms with Crippen molar-refractivity contribution >= 4 is 11.6 Å². The first-order valence-electron chi connectivity index (χ1n) is 5.27. The van der Waals surface area contributed by atoms with Crippen LogP contribution in [-0.2, 0) is 19.4 Å². The van der Waals surface area contributed by atoms with E-state index < -0.39 is 0 Å². The highest BCUT2D eigenvalue weighted by Gasteiger charge is 2.07. The Hall–Kier alpha value is -1.42. The molecule has 0 spiro atoms. The van der Waals surface area contributed by atoms with Gasteiger partial charge in [0.1, 0.15) is 5.82 Å². The largest absolute Gasteiger partial charge is 0.301 e. The van der Waals surface area contributed by atoms with E-state index in [9.17, 15) is 0 Å². The lowest BCUT2D eigenvalue weighted by molar-refractivity contribution is 0.656. The summed E-state index contributed by atoms with van der Waals surface area (Å²) in [5.41, 5.74) is 1.24. The molecule has 0 atom stereocenters. The SMILES string of the molecule is CCc1nnc(Cl)n1CCc1ccncc1. The molecular weight excluding hydrogens is 224 g/mol. The molecule has 0 radical (unpaired) electrons. The summed E-state index contributed by atoms with van der Waals surface area (Å²) in [7, 11) is 0. The molecule has 2 aromatic heterocycles. The van der Waals surface area contributed by atoms with Crippen molar-refractivity contribution in [2.45, 2.75) is 26.3 Å². The Bertz CT molecular complexity index is 452. The van der Waals surface area contributed by atoms with Crippen LogP contribution in [0.2, 0.25) is 5.28 Å². The zero-order valence-electron chi connectivity index (χ0n) is 9.10. The summed E-state index contributed by atoms with van der Waals surface area (Å²) >= 11 is 5.97. The third kappa shape index (κ3) is 2.39. The summed E-state index contributed by atoms with van der Waals surface area (Å²) in [5, 5.41) is 8.34. The van der Waals surface area contributed by atoms with E-state index in [0.29, 0.717) is 5.28 Å². The Labute approximate surface area is 99.3 Å². The van der Waals surface area contributed by atoms with Gasteiger partial charge in [0, 0.05) is 25.4 Å². The highest BCUT2D eigenvalue weighted by Crippen LogP contribution is 2.10. The van der Waals surface area contributed by atoms with Gasteiger partial charge in [0.25, 0.3) is 0 Å². The van der Waals surface area contributed by atoms with E-state index in [4.69, 9.17) is 11.6 Å². The van der Waals surface area contributed by atoms with Crippen molar-refractivity contribution in [1.82, 2.24) is 19.7 Å². The van der Waals surface area contributed by atoms with Crippen LogP contribution in [0.1, 0.15) is 18.3 Å². The average Bonchev–Trinajstić information content (AvgIpc) is 2.69. The molecule has 2 heterocycles. The Morgan fingerprint density at radius 3 is 2.69 bits per heavy atom. The zero-order valence-corrected chi connectivity index (χ0v) is 9.85. The monoisotopic (exact) mass is 236 g/mol. The van der Waals surface area contributed by atoms with E-state index in [0.717, 1.165) is 25.2 Å². The Balaban J connectivity index is 2.07. The van der Waals surface area contributed by atoms with Crippen molar-refractivity contribution in [3.05, 3.63) is 41.2 Å². The number of nitrogens with zero attached hydrogens (tertiary/aromatic N) is 4. The first-order chi connectivity index (χ1) is 7.81. The molecule has 0 aliphatic rings. The number of aromatic nitrogens is 4. The van der Waals surface area contributed by atoms with Crippen LogP contribution in [0.4, 0.5) is 0 Å². The summed E-state index contributed by atoms with van der Waals surface area (Å²) in [6.07, 6.45) is 5.34. The molecule has 5 heteroatoms. The van der Waals surface area contributed by atoms with Gasteiger partial charge in [0.2, 0.25) is 5.28 Å². The minimum atomic E-state index is 0.464. The van der Waals surface area contributed by atoms with E-state index in [1.54, 1.807) is 12.4 Å². The van der Waals surface area contributed by atoms with Gasteiger partial charge in [-0.15, -0.1) is 10.2 Å². The third-order valence-corrected chi connectivity index (χ3v) is 2.75. The molecule has 0 N–H and O–H groups in total. The molecule has 0 aliphatic carbocycles. The lowest BCUT2D eigenvalue weighted by Gasteiger charge is -2.06. The zero-order chi connectivity index (χ0) is 11.4. The second-order valence-electron chi connectivity index (χ2n) is 3.50. The molecule has 16 heavy (non-hydrogen) atoms. The van der Waals surface area contributed by atoms with Crippen LogP contribution in [-0.4, -0.2) is 19.7 Å². The highest BCUT2D eigenvalue weighted by molar-refractivity contribution is 6.28. The van der Waals surface area contributed by atoms with Crippen molar-refractivity contribution in [1.29, 1.82) is 0 Å². The van der Waals surface area contributed by atoms with Gasteiger partial charge in [-0.3, -0.25) is 4.98 Å². The molecular formula is C11H13ClN4. The maximum Gasteiger partial charge on any atom is 0.225 e. The fourth-order valence-electron chi connectivity index (χ4n) is 1.59. The number of aryl methyl sites for hydroxylation is 2. The summed E-state index contributed by atoms with van der Waals surface area (Å²) in [4.78, 5) is 3.98. The second kappa shape index (κ2) is 5.07. The van der Waals surface area contributed by atoms with Gasteiger partial charge < -0.3 is 4.57 Å². The number of hydrogen-bond acceptors (Lipinski definition) is 3. The van der Waals surface area contributed by atoms with Crippen LogP contribution < -0.4 is 0 Å². The van der Waals surface area contributed by atoms with E-state index in [1.165, 1.54) is 5.56 Å². The molecule has 84 valence electrons. The van der Waals surface area contributed by atoms with Crippen molar-refractivity contribution in [2.24, 2.45) is 0 Å². The van der Waals surface area contributed by atoms with Crippen molar-refractivity contribution in [2.75, 3.05) is 0 Å². The van der Waals surface area contributed by atoms with Crippen molar-refractivity contribution in [3.63, 3.8) is 0 Å². The lowest BCUT2D eigenvalue weighted by Crippen LogP contribution is -2.05. The van der Waals surface area contributed by atoms with Crippen LogP contribution in [0, 0.1) is 0 Å². The highest BCUT2D eigenvalue weighted by atomic mass is 35.5. The number of pyridine rings is 1. The Morgan fingerprint density at radius 2 is 2.00 bits per heavy atom. The summed E-state index contributed by atoms with van der Waals surface area (Å²) < 4.78 is 1.95. The molecule has 0 aromatic carbocycles. The molecule has 4 nitrogen and oxygen atoms in total. The maximum absolute atomic E-state index is 5.97. The van der Waals surface area contributed by atoms with Gasteiger partial charge >= 0.3 is 0 Å². The average molecular weight is 237 g/mol. The predicted octanol–water partition coefficient (Wildman–Crippen LogP) is 2.13. The fraction of sp³-hybridized carbons (Fsp3) is 0.364. The first-order valence-corrected chi connectivity index (χ1v) is 5.65. The molecule has 0 aliphatic heterocycles. The predicted molar refractivity (Wildman–Crippen MR) is 62.4 cm³/mol. The smallest absolute Gasteiger partial charge is 0.225 e. The van der Waals surface area contributed by atoms with Gasteiger partial charge in [-0.05, 0) is 35.7 Å². The second-order valence-corrected chi connectivity index (χ2v) is 3.83. The first kappa shape index (κ1) is 11.1. The number of hydrogen-bond donors (Lipinski definition) is 0. The summed E-state index contributed by atoms with van der Waals surface area (Å²) in [6, 6.07) is 4.01. The van der Waals surface area contributed by atoms with Crippen molar-refractivity contribution in [3.8, 4) is 0 Å². The normalized spacial score (nSPS) is 10.6. The van der Waals surface area contributed by atoms with Crippen molar-refractivity contribution < 1.29 is 0 Å². The summed E-state index contributed by atoms with van der Waals surface area (Å²) in [5.74, 6) is 0.930. The van der Waals surface area contributed by atoms with Crippen LogP contribution in [0.15, 0.2) is 24.5 Å². The lowest BCUT2D eigenvalue weighted by atomic mass is 10.2. The van der Waals surface area contributed by atoms with Crippen LogP contribution in [0.5, 0.6) is 0 Å². The molecule has 2 rings (SSSR count). The third-order valence-electron chi connectivity index (χ3n) is 2.47. The molecule has 0 fully saturated rings. The quantitative estimate of drug-likeness (QED) is 0.817. The van der Waals surface area contributed by atoms with Gasteiger partial charge in [0.05, 0.1) is 0 Å². The molecule has 0 amide bonds. The standard InChI is InChI=1S/C11H13ClN4/c1-2-10-14-15-11(12)16(10)8-5-9-3-6-13-7-4-9/h3-4,6-7H,2,5,8H2,1H3. The van der Waals surface area contributed by atoms with Gasteiger partial charge in [-0.2, -0.15) is 0 Å². The van der Waals surface area contributed by atoms with Gasteiger partial charge in [-0.25, -0.2) is 0 Å². The van der Waals surface area contributed by atoms with Crippen LogP contribution in [0.3, 0.4) is 0 Å². The Morgan fingerprint density at radius 1 is 1.25 bits per heavy atom. The molecule has 0 bridgehead atoms. The van der Waals surface area contributed by atoms with E-state index in [-0.39, 0.29) is 0 Å². The topological polar surface area (TPSA) is 43.6 Å². The van der Waals surface area contributed by atoms with Gasteiger partial charge in [-0.1, -0.05) is 6.92 Å². The van der Waals surface area contributed by atoms with E-state index in [2.05, 4.69) is 15.2 Å². The number of rotatable bonds is 4. The molecule has 0 saturated carbocycles. The minimum Gasteiger partial charge on any atom is -0.301 e. The molecule has 0 unspecified atom stereocenters. The molecule has 2 aromatic rings. The van der Waals surface area contributed by atoms with Crippen LogP contribution >= 0.6 is 11.6 Å². The van der Waals surface area contributed by atoms with Gasteiger partial charge in [0.15, 0.2) is 0 Å².